The lowest BCUT2D eigenvalue weighted by Crippen LogP contribution is -2.32. The van der Waals surface area contributed by atoms with Gasteiger partial charge in [-0.2, -0.15) is 11.8 Å². The van der Waals surface area contributed by atoms with E-state index in [1.54, 1.807) is 13.0 Å². The quantitative estimate of drug-likeness (QED) is 0.616. The van der Waals surface area contributed by atoms with Crippen molar-refractivity contribution in [3.05, 3.63) is 12.2 Å². The van der Waals surface area contributed by atoms with Gasteiger partial charge >= 0.3 is 0 Å². The molecule has 1 heterocycles. The lowest BCUT2D eigenvalue weighted by atomic mass is 10.3. The van der Waals surface area contributed by atoms with Crippen LogP contribution in [-0.4, -0.2) is 41.8 Å². The Balaban J connectivity index is 2.17. The summed E-state index contributed by atoms with van der Waals surface area (Å²) >= 11 is 2.01. The van der Waals surface area contributed by atoms with Crippen molar-refractivity contribution in [2.75, 3.05) is 31.1 Å². The fourth-order valence-electron chi connectivity index (χ4n) is 1.15. The van der Waals surface area contributed by atoms with Gasteiger partial charge in [-0.1, -0.05) is 6.08 Å². The molecule has 1 aliphatic heterocycles. The Kier molecular flexibility index (Phi) is 4.40. The average Bonchev–Trinajstić information content (AvgIpc) is 2.05. The summed E-state index contributed by atoms with van der Waals surface area (Å²) in [5.41, 5.74) is 0. The number of carbonyl (C=O) groups excluding carboxylic acids is 1. The summed E-state index contributed by atoms with van der Waals surface area (Å²) < 4.78 is 0. The molecule has 0 atom stereocenters. The predicted octanol–water partition coefficient (Wildman–Crippen LogP) is 1.18. The molecular formula is C9H15NOS. The molecule has 68 valence electrons. The third kappa shape index (κ3) is 3.93. The maximum Gasteiger partial charge on any atom is 0.152 e. The zero-order chi connectivity index (χ0) is 8.81. The van der Waals surface area contributed by atoms with Crippen molar-refractivity contribution < 1.29 is 4.79 Å². The van der Waals surface area contributed by atoms with Crippen molar-refractivity contribution in [1.29, 1.82) is 0 Å². The van der Waals surface area contributed by atoms with Crippen molar-refractivity contribution in [2.45, 2.75) is 6.92 Å². The van der Waals surface area contributed by atoms with E-state index in [0.717, 1.165) is 19.6 Å². The minimum atomic E-state index is 0.140. The van der Waals surface area contributed by atoms with E-state index in [9.17, 15) is 4.79 Å². The third-order valence-electron chi connectivity index (χ3n) is 1.82. The van der Waals surface area contributed by atoms with Crippen LogP contribution in [-0.2, 0) is 4.79 Å². The monoisotopic (exact) mass is 185 g/mol. The molecule has 1 saturated heterocycles. The van der Waals surface area contributed by atoms with Crippen molar-refractivity contribution in [1.82, 2.24) is 4.90 Å². The summed E-state index contributed by atoms with van der Waals surface area (Å²) in [6.45, 7) is 4.84. The zero-order valence-corrected chi connectivity index (χ0v) is 8.27. The Morgan fingerprint density at radius 3 is 2.75 bits per heavy atom. The lowest BCUT2D eigenvalue weighted by Gasteiger charge is -2.24. The highest BCUT2D eigenvalue weighted by molar-refractivity contribution is 7.99. The topological polar surface area (TPSA) is 20.3 Å². The van der Waals surface area contributed by atoms with Crippen LogP contribution in [0.5, 0.6) is 0 Å². The van der Waals surface area contributed by atoms with Gasteiger partial charge in [0.1, 0.15) is 0 Å². The van der Waals surface area contributed by atoms with Gasteiger partial charge in [-0.05, 0) is 13.0 Å². The standard InChI is InChI=1S/C9H15NOS/c1-9(11)3-2-4-10-5-7-12-8-6-10/h2-3H,4-8H2,1H3/b3-2+. The number of nitrogens with zero attached hydrogens (tertiary/aromatic N) is 1. The maximum absolute atomic E-state index is 10.6. The summed E-state index contributed by atoms with van der Waals surface area (Å²) in [6, 6.07) is 0. The van der Waals surface area contributed by atoms with Crippen LogP contribution in [0.25, 0.3) is 0 Å². The van der Waals surface area contributed by atoms with Crippen molar-refractivity contribution in [2.24, 2.45) is 0 Å². The van der Waals surface area contributed by atoms with Gasteiger partial charge in [-0.15, -0.1) is 0 Å². The van der Waals surface area contributed by atoms with Gasteiger partial charge in [0.05, 0.1) is 0 Å². The zero-order valence-electron chi connectivity index (χ0n) is 7.45. The maximum atomic E-state index is 10.6. The first-order valence-electron chi connectivity index (χ1n) is 4.26. The lowest BCUT2D eigenvalue weighted by molar-refractivity contribution is -0.112. The van der Waals surface area contributed by atoms with Gasteiger partial charge in [0.25, 0.3) is 0 Å². The first-order valence-corrected chi connectivity index (χ1v) is 5.42. The number of hydrogen-bond acceptors (Lipinski definition) is 3. The van der Waals surface area contributed by atoms with E-state index in [1.807, 2.05) is 17.8 Å². The fourth-order valence-corrected chi connectivity index (χ4v) is 2.13. The summed E-state index contributed by atoms with van der Waals surface area (Å²) in [7, 11) is 0. The van der Waals surface area contributed by atoms with Crippen molar-refractivity contribution in [3.63, 3.8) is 0 Å². The largest absolute Gasteiger partial charge is 0.298 e. The number of hydrogen-bond donors (Lipinski definition) is 0. The highest BCUT2D eigenvalue weighted by Crippen LogP contribution is 2.08. The second-order valence-electron chi connectivity index (χ2n) is 2.93. The van der Waals surface area contributed by atoms with Crippen LogP contribution in [0.15, 0.2) is 12.2 Å². The molecule has 1 rings (SSSR count). The Morgan fingerprint density at radius 1 is 1.50 bits per heavy atom. The second-order valence-corrected chi connectivity index (χ2v) is 4.15. The highest BCUT2D eigenvalue weighted by Gasteiger charge is 2.07. The number of thioether (sulfide) groups is 1. The van der Waals surface area contributed by atoms with E-state index in [1.165, 1.54) is 11.5 Å². The van der Waals surface area contributed by atoms with Gasteiger partial charge in [0, 0.05) is 31.1 Å². The van der Waals surface area contributed by atoms with Gasteiger partial charge in [-0.3, -0.25) is 9.69 Å². The Morgan fingerprint density at radius 2 is 2.17 bits per heavy atom. The molecule has 0 aromatic heterocycles. The molecule has 0 spiro atoms. The third-order valence-corrected chi connectivity index (χ3v) is 2.76. The second kappa shape index (κ2) is 5.38. The van der Waals surface area contributed by atoms with Crippen LogP contribution >= 0.6 is 11.8 Å². The number of carbonyl (C=O) groups is 1. The van der Waals surface area contributed by atoms with Crippen molar-refractivity contribution >= 4 is 17.5 Å². The smallest absolute Gasteiger partial charge is 0.152 e. The van der Waals surface area contributed by atoms with E-state index in [0.29, 0.717) is 0 Å². The van der Waals surface area contributed by atoms with Crippen molar-refractivity contribution in [3.8, 4) is 0 Å². The van der Waals surface area contributed by atoms with E-state index >= 15 is 0 Å². The first-order chi connectivity index (χ1) is 5.79. The van der Waals surface area contributed by atoms with Crippen LogP contribution < -0.4 is 0 Å². The van der Waals surface area contributed by atoms with Gasteiger partial charge in [0.15, 0.2) is 5.78 Å². The van der Waals surface area contributed by atoms with Gasteiger partial charge in [0.2, 0.25) is 0 Å². The van der Waals surface area contributed by atoms with Crippen LogP contribution in [0.4, 0.5) is 0 Å². The molecule has 0 N–H and O–H groups in total. The van der Waals surface area contributed by atoms with Crippen LogP contribution in [0.2, 0.25) is 0 Å². The van der Waals surface area contributed by atoms with E-state index in [2.05, 4.69) is 4.90 Å². The van der Waals surface area contributed by atoms with Crippen LogP contribution in [0, 0.1) is 0 Å². The summed E-state index contributed by atoms with van der Waals surface area (Å²) in [4.78, 5) is 12.9. The molecular weight excluding hydrogens is 170 g/mol. The molecule has 12 heavy (non-hydrogen) atoms. The Labute approximate surface area is 78.0 Å². The normalized spacial score (nSPS) is 20.1. The van der Waals surface area contributed by atoms with E-state index in [-0.39, 0.29) is 5.78 Å². The van der Waals surface area contributed by atoms with E-state index in [4.69, 9.17) is 0 Å². The number of rotatable bonds is 3. The molecule has 0 radical (unpaired) electrons. The highest BCUT2D eigenvalue weighted by atomic mass is 32.2. The summed E-state index contributed by atoms with van der Waals surface area (Å²) in [5.74, 6) is 2.60. The first kappa shape index (κ1) is 9.81. The molecule has 0 amide bonds. The number of allylic oxidation sites excluding steroid dienone is 1. The molecule has 0 aliphatic carbocycles. The molecule has 0 unspecified atom stereocenters. The molecule has 1 fully saturated rings. The Hall–Kier alpha value is -0.280. The van der Waals surface area contributed by atoms with Crippen LogP contribution in [0.1, 0.15) is 6.92 Å². The SMILES string of the molecule is CC(=O)/C=C/CN1CCSCC1. The molecule has 3 heteroatoms. The number of ketones is 1. The molecule has 2 nitrogen and oxygen atoms in total. The van der Waals surface area contributed by atoms with Gasteiger partial charge < -0.3 is 0 Å². The molecule has 0 aromatic rings. The average molecular weight is 185 g/mol. The minimum Gasteiger partial charge on any atom is -0.298 e. The van der Waals surface area contributed by atoms with Crippen LogP contribution in [0.3, 0.4) is 0 Å². The molecule has 0 bridgehead atoms. The molecule has 1 aliphatic rings. The summed E-state index contributed by atoms with van der Waals surface area (Å²) in [6.07, 6.45) is 3.61. The molecule has 0 saturated carbocycles. The molecule has 0 aromatic carbocycles. The summed E-state index contributed by atoms with van der Waals surface area (Å²) in [5, 5.41) is 0. The fraction of sp³-hybridized carbons (Fsp3) is 0.667. The Bertz CT molecular complexity index is 173. The predicted molar refractivity (Wildman–Crippen MR) is 53.6 cm³/mol. The van der Waals surface area contributed by atoms with E-state index < -0.39 is 0 Å². The van der Waals surface area contributed by atoms with Gasteiger partial charge in [-0.25, -0.2) is 0 Å². The minimum absolute atomic E-state index is 0.140.